The van der Waals surface area contributed by atoms with E-state index in [9.17, 15) is 4.79 Å². The number of methoxy groups -OCH3 is 1. The maximum atomic E-state index is 11.4. The molecule has 3 aromatic rings. The predicted molar refractivity (Wildman–Crippen MR) is 91.2 cm³/mol. The number of halogens is 1. The summed E-state index contributed by atoms with van der Waals surface area (Å²) < 4.78 is 9.85. The molecule has 0 aliphatic heterocycles. The molecule has 3 rings (SSSR count). The van der Waals surface area contributed by atoms with Crippen LogP contribution in [0.3, 0.4) is 0 Å². The maximum absolute atomic E-state index is 11.4. The van der Waals surface area contributed by atoms with E-state index in [0.29, 0.717) is 16.4 Å². The van der Waals surface area contributed by atoms with Crippen molar-refractivity contribution in [3.8, 4) is 11.4 Å². The zero-order chi connectivity index (χ0) is 16.9. The van der Waals surface area contributed by atoms with Gasteiger partial charge in [-0.15, -0.1) is 0 Å². The van der Waals surface area contributed by atoms with Crippen LogP contribution in [0.1, 0.15) is 21.8 Å². The topological polar surface area (TPSA) is 65.2 Å². The van der Waals surface area contributed by atoms with Crippen molar-refractivity contribution >= 4 is 28.7 Å². The molecule has 120 valence electrons. The molecule has 0 amide bonds. The van der Waals surface area contributed by atoms with Crippen LogP contribution >= 0.6 is 11.6 Å². The number of hydrogen-bond donors (Lipinski definition) is 0. The Labute approximate surface area is 143 Å². The van der Waals surface area contributed by atoms with Crippen LogP contribution in [0, 0.1) is 0 Å². The number of esters is 1. The fourth-order valence-corrected chi connectivity index (χ4v) is 2.27. The zero-order valence-electron chi connectivity index (χ0n) is 12.8. The van der Waals surface area contributed by atoms with Crippen LogP contribution in [0.5, 0.6) is 0 Å². The summed E-state index contributed by atoms with van der Waals surface area (Å²) >= 11 is 6.24. The normalized spacial score (nSPS) is 11.3. The van der Waals surface area contributed by atoms with Crippen LogP contribution in [0.2, 0.25) is 0 Å². The van der Waals surface area contributed by atoms with E-state index in [2.05, 4.69) is 14.9 Å². The maximum Gasteiger partial charge on any atom is 0.337 e. The van der Waals surface area contributed by atoms with Gasteiger partial charge in [-0.2, -0.15) is 4.98 Å². The summed E-state index contributed by atoms with van der Waals surface area (Å²) in [4.78, 5) is 15.7. The average molecular weight is 341 g/mol. The minimum Gasteiger partial charge on any atom is -0.465 e. The number of aromatic nitrogens is 2. The first kappa shape index (κ1) is 16.0. The molecule has 1 heterocycles. The first-order valence-corrected chi connectivity index (χ1v) is 7.50. The van der Waals surface area contributed by atoms with Crippen molar-refractivity contribution in [3.63, 3.8) is 0 Å². The number of rotatable bonds is 4. The third kappa shape index (κ3) is 3.52. The molecule has 0 saturated heterocycles. The molecule has 1 aromatic heterocycles. The van der Waals surface area contributed by atoms with Gasteiger partial charge in [0, 0.05) is 5.56 Å². The van der Waals surface area contributed by atoms with Gasteiger partial charge in [0.05, 0.1) is 12.7 Å². The summed E-state index contributed by atoms with van der Waals surface area (Å²) in [7, 11) is 1.34. The molecular weight excluding hydrogens is 328 g/mol. The first-order chi connectivity index (χ1) is 11.7. The van der Waals surface area contributed by atoms with Crippen molar-refractivity contribution < 1.29 is 14.1 Å². The molecular formula is C18H13ClN2O3. The van der Waals surface area contributed by atoms with Crippen molar-refractivity contribution in [1.82, 2.24) is 10.1 Å². The highest BCUT2D eigenvalue weighted by atomic mass is 35.5. The number of carbonyl (C=O) groups excluding carboxylic acids is 1. The van der Waals surface area contributed by atoms with E-state index in [0.717, 1.165) is 11.1 Å². The van der Waals surface area contributed by atoms with Gasteiger partial charge in [-0.25, -0.2) is 4.79 Å². The first-order valence-electron chi connectivity index (χ1n) is 7.12. The monoisotopic (exact) mass is 340 g/mol. The molecule has 0 atom stereocenters. The van der Waals surface area contributed by atoms with E-state index >= 15 is 0 Å². The van der Waals surface area contributed by atoms with E-state index in [-0.39, 0.29) is 11.9 Å². The molecule has 0 spiro atoms. The Bertz CT molecular complexity index is 871. The van der Waals surface area contributed by atoms with Gasteiger partial charge < -0.3 is 9.26 Å². The Morgan fingerprint density at radius 3 is 2.50 bits per heavy atom. The zero-order valence-corrected chi connectivity index (χ0v) is 13.5. The molecule has 5 nitrogen and oxygen atoms in total. The SMILES string of the molecule is COC(=O)c1ccc(C=C(Cl)c2nc(-c3ccccc3)no2)cc1. The third-order valence-corrected chi connectivity index (χ3v) is 3.56. The lowest BCUT2D eigenvalue weighted by molar-refractivity contribution is 0.0600. The van der Waals surface area contributed by atoms with Crippen molar-refractivity contribution in [2.45, 2.75) is 0 Å². The lowest BCUT2D eigenvalue weighted by Gasteiger charge is -1.99. The highest BCUT2D eigenvalue weighted by Crippen LogP contribution is 2.24. The van der Waals surface area contributed by atoms with Gasteiger partial charge in [-0.3, -0.25) is 0 Å². The molecule has 0 radical (unpaired) electrons. The number of hydrogen-bond acceptors (Lipinski definition) is 5. The Morgan fingerprint density at radius 2 is 1.83 bits per heavy atom. The van der Waals surface area contributed by atoms with Crippen LogP contribution in [-0.2, 0) is 4.74 Å². The summed E-state index contributed by atoms with van der Waals surface area (Å²) in [6.07, 6.45) is 1.69. The van der Waals surface area contributed by atoms with Gasteiger partial charge >= 0.3 is 5.97 Å². The van der Waals surface area contributed by atoms with E-state index in [1.807, 2.05) is 30.3 Å². The smallest absolute Gasteiger partial charge is 0.337 e. The molecule has 0 bridgehead atoms. The Balaban J connectivity index is 1.81. The molecule has 2 aromatic carbocycles. The van der Waals surface area contributed by atoms with Crippen molar-refractivity contribution in [2.24, 2.45) is 0 Å². The fraction of sp³-hybridized carbons (Fsp3) is 0.0556. The molecule has 24 heavy (non-hydrogen) atoms. The van der Waals surface area contributed by atoms with Crippen LogP contribution in [0.4, 0.5) is 0 Å². The van der Waals surface area contributed by atoms with E-state index < -0.39 is 0 Å². The van der Waals surface area contributed by atoms with Crippen LogP contribution in [0.15, 0.2) is 59.1 Å². The third-order valence-electron chi connectivity index (χ3n) is 3.29. The average Bonchev–Trinajstić information content (AvgIpc) is 3.13. The molecule has 0 fully saturated rings. The predicted octanol–water partition coefficient (Wildman–Crippen LogP) is 4.26. The molecule has 0 unspecified atom stereocenters. The summed E-state index contributed by atoms with van der Waals surface area (Å²) in [5, 5.41) is 4.24. The van der Waals surface area contributed by atoms with Gasteiger partial charge in [-0.1, -0.05) is 59.2 Å². The van der Waals surface area contributed by atoms with Crippen LogP contribution in [-0.4, -0.2) is 23.2 Å². The molecule has 0 aliphatic carbocycles. The van der Waals surface area contributed by atoms with E-state index in [1.165, 1.54) is 7.11 Å². The summed E-state index contributed by atoms with van der Waals surface area (Å²) in [5.74, 6) is 0.312. The fourth-order valence-electron chi connectivity index (χ4n) is 2.07. The largest absolute Gasteiger partial charge is 0.465 e. The standard InChI is InChI=1S/C18H13ClN2O3/c1-23-18(22)14-9-7-12(8-10-14)11-15(19)17-20-16(21-24-17)13-5-3-2-4-6-13/h2-11H,1H3. The van der Waals surface area contributed by atoms with Crippen molar-refractivity contribution in [1.29, 1.82) is 0 Å². The summed E-state index contributed by atoms with van der Waals surface area (Å²) in [5.41, 5.74) is 2.11. The molecule has 0 aliphatic rings. The van der Waals surface area contributed by atoms with Gasteiger partial charge in [0.25, 0.3) is 5.89 Å². The minimum atomic E-state index is -0.388. The second kappa shape index (κ2) is 7.10. The molecule has 0 saturated carbocycles. The number of carbonyl (C=O) groups is 1. The van der Waals surface area contributed by atoms with Crippen molar-refractivity contribution in [2.75, 3.05) is 7.11 Å². The van der Waals surface area contributed by atoms with Gasteiger partial charge in [0.2, 0.25) is 5.82 Å². The van der Waals surface area contributed by atoms with Gasteiger partial charge in [-0.05, 0) is 23.8 Å². The Hall–Kier alpha value is -2.92. The van der Waals surface area contributed by atoms with Crippen LogP contribution < -0.4 is 0 Å². The van der Waals surface area contributed by atoms with Gasteiger partial charge in [0.1, 0.15) is 5.03 Å². The Morgan fingerprint density at radius 1 is 1.12 bits per heavy atom. The lowest BCUT2D eigenvalue weighted by Crippen LogP contribution is -2.00. The van der Waals surface area contributed by atoms with Gasteiger partial charge in [0.15, 0.2) is 0 Å². The number of benzene rings is 2. The highest BCUT2D eigenvalue weighted by Gasteiger charge is 2.11. The van der Waals surface area contributed by atoms with E-state index in [4.69, 9.17) is 16.1 Å². The summed E-state index contributed by atoms with van der Waals surface area (Å²) in [6, 6.07) is 16.3. The number of ether oxygens (including phenoxy) is 1. The molecule has 0 N–H and O–H groups in total. The Kier molecular flexibility index (Phi) is 4.72. The van der Waals surface area contributed by atoms with E-state index in [1.54, 1.807) is 30.3 Å². The summed E-state index contributed by atoms with van der Waals surface area (Å²) in [6.45, 7) is 0. The molecule has 6 heteroatoms. The van der Waals surface area contributed by atoms with Crippen molar-refractivity contribution in [3.05, 3.63) is 71.6 Å². The van der Waals surface area contributed by atoms with Crippen LogP contribution in [0.25, 0.3) is 22.5 Å². The quantitative estimate of drug-likeness (QED) is 0.664. The minimum absolute atomic E-state index is 0.229. The second-order valence-corrected chi connectivity index (χ2v) is 5.30. The number of nitrogens with zero attached hydrogens (tertiary/aromatic N) is 2. The highest BCUT2D eigenvalue weighted by molar-refractivity contribution is 6.50. The lowest BCUT2D eigenvalue weighted by atomic mass is 10.1. The second-order valence-electron chi connectivity index (χ2n) is 4.90.